The van der Waals surface area contributed by atoms with Crippen molar-refractivity contribution in [3.63, 3.8) is 0 Å². The standard InChI is InChI=1S/C9H14BrN3O2/c1-8-11-7-9(13(14)15)12(8)6-4-2-3-5-10/h7H,2-6H2,1H3. The zero-order valence-corrected chi connectivity index (χ0v) is 10.2. The molecule has 5 nitrogen and oxygen atoms in total. The van der Waals surface area contributed by atoms with Crippen molar-refractivity contribution in [3.05, 3.63) is 22.1 Å². The van der Waals surface area contributed by atoms with Crippen LogP contribution in [0, 0.1) is 17.0 Å². The molecule has 0 aliphatic heterocycles. The molecule has 0 atom stereocenters. The van der Waals surface area contributed by atoms with E-state index in [1.807, 2.05) is 0 Å². The minimum Gasteiger partial charge on any atom is -0.358 e. The second kappa shape index (κ2) is 5.85. The molecule has 1 heterocycles. The average molecular weight is 276 g/mol. The molecule has 0 radical (unpaired) electrons. The number of imidazole rings is 1. The minimum absolute atomic E-state index is 0.0892. The lowest BCUT2D eigenvalue weighted by molar-refractivity contribution is -0.392. The molecule has 0 N–H and O–H groups in total. The molecule has 1 rings (SSSR count). The SMILES string of the molecule is Cc1ncc([N+](=O)[O-])n1CCCCCBr. The van der Waals surface area contributed by atoms with Gasteiger partial charge in [0.15, 0.2) is 5.82 Å². The van der Waals surface area contributed by atoms with Gasteiger partial charge in [-0.25, -0.2) is 9.55 Å². The molecule has 0 fully saturated rings. The van der Waals surface area contributed by atoms with Gasteiger partial charge in [-0.15, -0.1) is 0 Å². The van der Waals surface area contributed by atoms with Crippen LogP contribution in [0.15, 0.2) is 6.20 Å². The van der Waals surface area contributed by atoms with Gasteiger partial charge in [0.25, 0.3) is 0 Å². The van der Waals surface area contributed by atoms with Crippen LogP contribution in [0.1, 0.15) is 25.1 Å². The Balaban J connectivity index is 2.58. The van der Waals surface area contributed by atoms with Crippen molar-refractivity contribution in [2.45, 2.75) is 32.7 Å². The number of nitro groups is 1. The first-order valence-corrected chi connectivity index (χ1v) is 6.01. The maximum Gasteiger partial charge on any atom is 0.342 e. The van der Waals surface area contributed by atoms with E-state index in [4.69, 9.17) is 0 Å². The topological polar surface area (TPSA) is 61.0 Å². The summed E-state index contributed by atoms with van der Waals surface area (Å²) in [7, 11) is 0. The maximum atomic E-state index is 10.7. The Morgan fingerprint density at radius 2 is 2.27 bits per heavy atom. The van der Waals surface area contributed by atoms with E-state index < -0.39 is 0 Å². The van der Waals surface area contributed by atoms with E-state index in [9.17, 15) is 10.1 Å². The number of nitrogens with zero attached hydrogens (tertiary/aromatic N) is 3. The molecule has 0 aliphatic rings. The summed E-state index contributed by atoms with van der Waals surface area (Å²) >= 11 is 3.35. The second-order valence-electron chi connectivity index (χ2n) is 3.32. The van der Waals surface area contributed by atoms with E-state index in [0.29, 0.717) is 12.4 Å². The van der Waals surface area contributed by atoms with Crippen LogP contribution in [0.2, 0.25) is 0 Å². The van der Waals surface area contributed by atoms with Gasteiger partial charge in [-0.1, -0.05) is 15.9 Å². The number of hydrogen-bond donors (Lipinski definition) is 0. The summed E-state index contributed by atoms with van der Waals surface area (Å²) in [5, 5.41) is 11.6. The number of alkyl halides is 1. The minimum atomic E-state index is -0.384. The molecule has 0 aromatic carbocycles. The molecule has 0 amide bonds. The van der Waals surface area contributed by atoms with E-state index >= 15 is 0 Å². The third-order valence-electron chi connectivity index (χ3n) is 2.24. The van der Waals surface area contributed by atoms with Crippen molar-refractivity contribution in [2.24, 2.45) is 0 Å². The Morgan fingerprint density at radius 1 is 1.53 bits per heavy atom. The molecule has 0 unspecified atom stereocenters. The molecule has 0 saturated carbocycles. The largest absolute Gasteiger partial charge is 0.358 e. The van der Waals surface area contributed by atoms with Gasteiger partial charge in [-0.2, -0.15) is 0 Å². The van der Waals surface area contributed by atoms with E-state index in [1.54, 1.807) is 11.5 Å². The number of aryl methyl sites for hydroxylation is 1. The zero-order chi connectivity index (χ0) is 11.3. The summed E-state index contributed by atoms with van der Waals surface area (Å²) in [5.41, 5.74) is 0. The zero-order valence-electron chi connectivity index (χ0n) is 8.65. The second-order valence-corrected chi connectivity index (χ2v) is 4.11. The third-order valence-corrected chi connectivity index (χ3v) is 2.80. The Kier molecular flexibility index (Phi) is 4.74. The molecule has 0 spiro atoms. The van der Waals surface area contributed by atoms with Crippen LogP contribution < -0.4 is 0 Å². The molecule has 6 heteroatoms. The molecular formula is C9H14BrN3O2. The molecule has 1 aromatic heterocycles. The van der Waals surface area contributed by atoms with Gasteiger partial charge < -0.3 is 10.1 Å². The van der Waals surface area contributed by atoms with Crippen LogP contribution >= 0.6 is 15.9 Å². The number of hydrogen-bond acceptors (Lipinski definition) is 3. The summed E-state index contributed by atoms with van der Waals surface area (Å²) in [5.74, 6) is 0.798. The van der Waals surface area contributed by atoms with Crippen LogP contribution in [-0.2, 0) is 6.54 Å². The van der Waals surface area contributed by atoms with Gasteiger partial charge in [-0.05, 0) is 24.2 Å². The van der Waals surface area contributed by atoms with Crippen LogP contribution in [0.4, 0.5) is 5.82 Å². The maximum absolute atomic E-state index is 10.7. The Bertz CT molecular complexity index is 338. The van der Waals surface area contributed by atoms with E-state index in [1.165, 1.54) is 6.20 Å². The van der Waals surface area contributed by atoms with Crippen molar-refractivity contribution in [2.75, 3.05) is 5.33 Å². The first kappa shape index (κ1) is 12.2. The number of unbranched alkanes of at least 4 members (excludes halogenated alkanes) is 2. The smallest absolute Gasteiger partial charge is 0.342 e. The molecular weight excluding hydrogens is 262 g/mol. The molecule has 0 bridgehead atoms. The first-order valence-electron chi connectivity index (χ1n) is 4.89. The summed E-state index contributed by atoms with van der Waals surface area (Å²) < 4.78 is 1.66. The Labute approximate surface area is 96.8 Å². The van der Waals surface area contributed by atoms with E-state index in [-0.39, 0.29) is 10.7 Å². The predicted octanol–water partition coefficient (Wildman–Crippen LogP) is 2.66. The lowest BCUT2D eigenvalue weighted by Gasteiger charge is -2.01. The predicted molar refractivity (Wildman–Crippen MR) is 61.3 cm³/mol. The summed E-state index contributed by atoms with van der Waals surface area (Å²) in [6, 6.07) is 0. The molecule has 0 aliphatic carbocycles. The van der Waals surface area contributed by atoms with Gasteiger partial charge in [0.2, 0.25) is 0 Å². The first-order chi connectivity index (χ1) is 7.16. The molecule has 1 aromatic rings. The number of aromatic nitrogens is 2. The van der Waals surface area contributed by atoms with Gasteiger partial charge in [0, 0.05) is 12.3 Å². The fourth-order valence-electron chi connectivity index (χ4n) is 1.42. The number of halogens is 1. The van der Waals surface area contributed by atoms with Crippen molar-refractivity contribution < 1.29 is 4.92 Å². The van der Waals surface area contributed by atoms with Crippen LogP contribution in [-0.4, -0.2) is 19.8 Å². The van der Waals surface area contributed by atoms with Gasteiger partial charge in [0.1, 0.15) is 6.20 Å². The van der Waals surface area contributed by atoms with E-state index in [0.717, 1.165) is 24.6 Å². The Hall–Kier alpha value is -0.910. The summed E-state index contributed by atoms with van der Waals surface area (Å²) in [6.45, 7) is 2.46. The lowest BCUT2D eigenvalue weighted by atomic mass is 10.2. The number of rotatable bonds is 6. The summed E-state index contributed by atoms with van der Waals surface area (Å²) in [4.78, 5) is 14.2. The highest BCUT2D eigenvalue weighted by Gasteiger charge is 2.16. The fraction of sp³-hybridized carbons (Fsp3) is 0.667. The summed E-state index contributed by atoms with van der Waals surface area (Å²) in [6.07, 6.45) is 4.44. The van der Waals surface area contributed by atoms with Crippen molar-refractivity contribution >= 4 is 21.7 Å². The average Bonchev–Trinajstić information content (AvgIpc) is 2.55. The monoisotopic (exact) mass is 275 g/mol. The quantitative estimate of drug-likeness (QED) is 0.347. The van der Waals surface area contributed by atoms with Gasteiger partial charge in [-0.3, -0.25) is 0 Å². The van der Waals surface area contributed by atoms with Crippen molar-refractivity contribution in [1.29, 1.82) is 0 Å². The normalized spacial score (nSPS) is 10.5. The van der Waals surface area contributed by atoms with Crippen LogP contribution in [0.25, 0.3) is 0 Å². The molecule has 84 valence electrons. The molecule has 15 heavy (non-hydrogen) atoms. The van der Waals surface area contributed by atoms with E-state index in [2.05, 4.69) is 20.9 Å². The van der Waals surface area contributed by atoms with Crippen molar-refractivity contribution in [3.8, 4) is 0 Å². The molecule has 0 saturated heterocycles. The van der Waals surface area contributed by atoms with Gasteiger partial charge >= 0.3 is 5.82 Å². The highest BCUT2D eigenvalue weighted by molar-refractivity contribution is 9.09. The van der Waals surface area contributed by atoms with Gasteiger partial charge in [0.05, 0.1) is 6.54 Å². The third kappa shape index (κ3) is 3.30. The fourth-order valence-corrected chi connectivity index (χ4v) is 1.82. The lowest BCUT2D eigenvalue weighted by Crippen LogP contribution is -2.05. The van der Waals surface area contributed by atoms with Crippen molar-refractivity contribution in [1.82, 2.24) is 9.55 Å². The van der Waals surface area contributed by atoms with Crippen LogP contribution in [0.3, 0.4) is 0 Å². The Morgan fingerprint density at radius 3 is 2.87 bits per heavy atom. The highest BCUT2D eigenvalue weighted by Crippen LogP contribution is 2.15. The highest BCUT2D eigenvalue weighted by atomic mass is 79.9. The van der Waals surface area contributed by atoms with Crippen LogP contribution in [0.5, 0.6) is 0 Å².